The number of hydrogen-bond donors (Lipinski definition) is 0. The molecule has 0 bridgehead atoms. The summed E-state index contributed by atoms with van der Waals surface area (Å²) < 4.78 is 10.9. The van der Waals surface area contributed by atoms with Gasteiger partial charge < -0.3 is 14.2 Å². The predicted octanol–water partition coefficient (Wildman–Crippen LogP) is 3.02. The van der Waals surface area contributed by atoms with E-state index in [1.807, 2.05) is 42.2 Å². The molecule has 2 aromatic carbocycles. The summed E-state index contributed by atoms with van der Waals surface area (Å²) in [6.07, 6.45) is 0.729. The zero-order valence-corrected chi connectivity index (χ0v) is 17.2. The second-order valence-corrected chi connectivity index (χ2v) is 7.32. The van der Waals surface area contributed by atoms with Gasteiger partial charge in [0.25, 0.3) is 11.8 Å². The van der Waals surface area contributed by atoms with Crippen molar-refractivity contribution in [3.8, 4) is 17.2 Å². The van der Waals surface area contributed by atoms with E-state index in [-0.39, 0.29) is 12.5 Å². The smallest absolute Gasteiger partial charge is 0.260 e. The minimum Gasteiger partial charge on any atom is -0.484 e. The number of carbonyl (C=O) groups excluding carboxylic acids is 1. The molecule has 7 heteroatoms. The average molecular weight is 406 g/mol. The van der Waals surface area contributed by atoms with Crippen LogP contribution < -0.4 is 4.74 Å². The van der Waals surface area contributed by atoms with Crippen LogP contribution in [0.25, 0.3) is 11.5 Å². The van der Waals surface area contributed by atoms with Crippen molar-refractivity contribution in [2.24, 2.45) is 0 Å². The molecule has 0 atom stereocenters. The molecule has 3 aromatic rings. The quantitative estimate of drug-likeness (QED) is 0.601. The van der Waals surface area contributed by atoms with Gasteiger partial charge in [0.15, 0.2) is 12.4 Å². The average Bonchev–Trinajstić information content (AvgIpc) is 3.28. The Kier molecular flexibility index (Phi) is 6.39. The maximum Gasteiger partial charge on any atom is 0.260 e. The van der Waals surface area contributed by atoms with Gasteiger partial charge in [-0.2, -0.15) is 4.98 Å². The van der Waals surface area contributed by atoms with Crippen molar-refractivity contribution >= 4 is 5.91 Å². The Hall–Kier alpha value is -3.19. The van der Waals surface area contributed by atoms with Crippen LogP contribution in [0.3, 0.4) is 0 Å². The van der Waals surface area contributed by atoms with Crippen molar-refractivity contribution in [2.45, 2.75) is 19.9 Å². The third kappa shape index (κ3) is 5.04. The van der Waals surface area contributed by atoms with E-state index in [4.69, 9.17) is 9.26 Å². The standard InChI is InChI=1S/C23H26N4O3/c1-2-21-24-23(30-25-21)19-8-10-20(11-9-19)29-17-22(28)27-14-12-26(13-15-27)16-18-6-4-3-5-7-18/h3-11H,2,12-17H2,1H3. The van der Waals surface area contributed by atoms with Crippen molar-refractivity contribution in [1.82, 2.24) is 19.9 Å². The van der Waals surface area contributed by atoms with Gasteiger partial charge in [0.2, 0.25) is 0 Å². The second kappa shape index (κ2) is 9.54. The van der Waals surface area contributed by atoms with E-state index >= 15 is 0 Å². The van der Waals surface area contributed by atoms with Gasteiger partial charge in [-0.3, -0.25) is 9.69 Å². The van der Waals surface area contributed by atoms with E-state index in [2.05, 4.69) is 39.3 Å². The lowest BCUT2D eigenvalue weighted by Crippen LogP contribution is -2.49. The highest BCUT2D eigenvalue weighted by atomic mass is 16.5. The summed E-state index contributed by atoms with van der Waals surface area (Å²) in [7, 11) is 0. The molecule has 156 valence electrons. The number of piperazine rings is 1. The lowest BCUT2D eigenvalue weighted by atomic mass is 10.2. The number of ether oxygens (including phenoxy) is 1. The molecular formula is C23H26N4O3. The van der Waals surface area contributed by atoms with E-state index in [1.165, 1.54) is 5.56 Å². The molecule has 0 spiro atoms. The van der Waals surface area contributed by atoms with Gasteiger partial charge in [0.05, 0.1) is 0 Å². The van der Waals surface area contributed by atoms with Crippen molar-refractivity contribution in [1.29, 1.82) is 0 Å². The van der Waals surface area contributed by atoms with Crippen LogP contribution in [0.15, 0.2) is 59.1 Å². The molecule has 1 aliphatic heterocycles. The fourth-order valence-electron chi connectivity index (χ4n) is 3.44. The van der Waals surface area contributed by atoms with E-state index < -0.39 is 0 Å². The highest BCUT2D eigenvalue weighted by Crippen LogP contribution is 2.21. The number of hydrogen-bond acceptors (Lipinski definition) is 6. The van der Waals surface area contributed by atoms with Gasteiger partial charge >= 0.3 is 0 Å². The lowest BCUT2D eigenvalue weighted by Gasteiger charge is -2.34. The summed E-state index contributed by atoms with van der Waals surface area (Å²) in [6, 6.07) is 17.8. The maximum atomic E-state index is 12.5. The molecule has 4 rings (SSSR count). The Morgan fingerprint density at radius 1 is 1.03 bits per heavy atom. The molecule has 0 aliphatic carbocycles. The molecule has 0 saturated carbocycles. The topological polar surface area (TPSA) is 71.7 Å². The van der Waals surface area contributed by atoms with Crippen LogP contribution in [0.2, 0.25) is 0 Å². The fraction of sp³-hybridized carbons (Fsp3) is 0.348. The number of benzene rings is 2. The minimum atomic E-state index is 0.0166. The molecule has 1 aliphatic rings. The van der Waals surface area contributed by atoms with Crippen LogP contribution in [0.4, 0.5) is 0 Å². The van der Waals surface area contributed by atoms with Crippen molar-refractivity contribution in [3.05, 3.63) is 66.0 Å². The van der Waals surface area contributed by atoms with Crippen LogP contribution in [0.5, 0.6) is 5.75 Å². The fourth-order valence-corrected chi connectivity index (χ4v) is 3.44. The van der Waals surface area contributed by atoms with Crippen LogP contribution in [0, 0.1) is 0 Å². The zero-order valence-electron chi connectivity index (χ0n) is 17.2. The minimum absolute atomic E-state index is 0.0166. The van der Waals surface area contributed by atoms with Gasteiger partial charge in [-0.1, -0.05) is 42.4 Å². The second-order valence-electron chi connectivity index (χ2n) is 7.32. The highest BCUT2D eigenvalue weighted by molar-refractivity contribution is 5.78. The van der Waals surface area contributed by atoms with Gasteiger partial charge in [-0.25, -0.2) is 0 Å². The molecule has 0 radical (unpaired) electrons. The van der Waals surface area contributed by atoms with E-state index in [0.717, 1.165) is 44.7 Å². The number of nitrogens with zero attached hydrogens (tertiary/aromatic N) is 4. The summed E-state index contributed by atoms with van der Waals surface area (Å²) >= 11 is 0. The van der Waals surface area contributed by atoms with Crippen LogP contribution >= 0.6 is 0 Å². The normalized spacial score (nSPS) is 14.6. The number of amides is 1. The first-order valence-electron chi connectivity index (χ1n) is 10.3. The number of aromatic nitrogens is 2. The SMILES string of the molecule is CCc1noc(-c2ccc(OCC(=O)N3CCN(Cc4ccccc4)CC3)cc2)n1. The summed E-state index contributed by atoms with van der Waals surface area (Å²) in [5.74, 6) is 1.83. The Morgan fingerprint density at radius 3 is 2.43 bits per heavy atom. The molecular weight excluding hydrogens is 380 g/mol. The predicted molar refractivity (Wildman–Crippen MR) is 113 cm³/mol. The number of aryl methyl sites for hydroxylation is 1. The van der Waals surface area contributed by atoms with E-state index in [9.17, 15) is 4.79 Å². The van der Waals surface area contributed by atoms with Gasteiger partial charge in [-0.05, 0) is 29.8 Å². The summed E-state index contributed by atoms with van der Waals surface area (Å²) in [5, 5.41) is 3.90. The lowest BCUT2D eigenvalue weighted by molar-refractivity contribution is -0.135. The van der Waals surface area contributed by atoms with Crippen molar-refractivity contribution in [3.63, 3.8) is 0 Å². The van der Waals surface area contributed by atoms with E-state index in [0.29, 0.717) is 17.5 Å². The molecule has 0 N–H and O–H groups in total. The Morgan fingerprint density at radius 2 is 1.77 bits per heavy atom. The monoisotopic (exact) mass is 406 g/mol. The number of rotatable bonds is 7. The molecule has 2 heterocycles. The third-order valence-electron chi connectivity index (χ3n) is 5.22. The van der Waals surface area contributed by atoms with Crippen molar-refractivity contribution < 1.29 is 14.1 Å². The molecule has 1 amide bonds. The first kappa shape index (κ1) is 20.1. The molecule has 30 heavy (non-hydrogen) atoms. The highest BCUT2D eigenvalue weighted by Gasteiger charge is 2.21. The molecule has 0 unspecified atom stereocenters. The van der Waals surface area contributed by atoms with Crippen molar-refractivity contribution in [2.75, 3.05) is 32.8 Å². The first-order valence-corrected chi connectivity index (χ1v) is 10.3. The largest absolute Gasteiger partial charge is 0.484 e. The molecule has 7 nitrogen and oxygen atoms in total. The third-order valence-corrected chi connectivity index (χ3v) is 5.22. The molecule has 1 saturated heterocycles. The van der Waals surface area contributed by atoms with Crippen LogP contribution in [-0.4, -0.2) is 58.6 Å². The van der Waals surface area contributed by atoms with Gasteiger partial charge in [0, 0.05) is 44.7 Å². The van der Waals surface area contributed by atoms with Crippen LogP contribution in [0.1, 0.15) is 18.3 Å². The summed E-state index contributed by atoms with van der Waals surface area (Å²) in [5.41, 5.74) is 2.13. The Bertz CT molecular complexity index is 948. The zero-order chi connectivity index (χ0) is 20.8. The molecule has 1 aromatic heterocycles. The van der Waals surface area contributed by atoms with E-state index in [1.54, 1.807) is 0 Å². The number of carbonyl (C=O) groups is 1. The summed E-state index contributed by atoms with van der Waals surface area (Å²) in [4.78, 5) is 21.1. The molecule has 1 fully saturated rings. The van der Waals surface area contributed by atoms with Gasteiger partial charge in [-0.15, -0.1) is 0 Å². The first-order chi connectivity index (χ1) is 14.7. The van der Waals surface area contributed by atoms with Gasteiger partial charge in [0.1, 0.15) is 5.75 Å². The Labute approximate surface area is 176 Å². The summed E-state index contributed by atoms with van der Waals surface area (Å²) in [6.45, 7) is 6.14. The maximum absolute atomic E-state index is 12.5. The Balaban J connectivity index is 1.23. The van der Waals surface area contributed by atoms with Crippen LogP contribution in [-0.2, 0) is 17.8 Å².